The van der Waals surface area contributed by atoms with Crippen molar-refractivity contribution in [1.82, 2.24) is 5.32 Å². The normalized spacial score (nSPS) is 25.4. The summed E-state index contributed by atoms with van der Waals surface area (Å²) in [5.41, 5.74) is 1.22. The van der Waals surface area contributed by atoms with E-state index in [9.17, 15) is 0 Å². The van der Waals surface area contributed by atoms with Gasteiger partial charge in [0.05, 0.1) is 0 Å². The molecule has 2 unspecified atom stereocenters. The average molecular weight is 340 g/mol. The molecule has 1 aliphatic heterocycles. The van der Waals surface area contributed by atoms with Gasteiger partial charge in [0.25, 0.3) is 0 Å². The van der Waals surface area contributed by atoms with Crippen molar-refractivity contribution in [2.24, 2.45) is 5.92 Å². The number of halogens is 1. The second kappa shape index (κ2) is 6.48. The molecule has 2 nitrogen and oxygen atoms in total. The van der Waals surface area contributed by atoms with E-state index < -0.39 is 0 Å². The quantitative estimate of drug-likeness (QED) is 0.807. The third-order valence-electron chi connectivity index (χ3n) is 4.04. The number of nitrogens with one attached hydrogen (secondary N) is 1. The van der Waals surface area contributed by atoms with E-state index in [1.165, 1.54) is 12.0 Å². The van der Waals surface area contributed by atoms with E-state index in [-0.39, 0.29) is 5.60 Å². The van der Waals surface area contributed by atoms with Crippen LogP contribution < -0.4 is 10.1 Å². The van der Waals surface area contributed by atoms with Gasteiger partial charge in [0.15, 0.2) is 0 Å². The van der Waals surface area contributed by atoms with Gasteiger partial charge in [-0.1, -0.05) is 42.8 Å². The Morgan fingerprint density at radius 1 is 1.45 bits per heavy atom. The molecule has 0 saturated heterocycles. The average Bonchev–Trinajstić information content (AvgIpc) is 2.36. The largest absolute Gasteiger partial charge is 0.487 e. The van der Waals surface area contributed by atoms with Crippen molar-refractivity contribution in [3.05, 3.63) is 28.2 Å². The zero-order chi connectivity index (χ0) is 14.8. The van der Waals surface area contributed by atoms with Crippen LogP contribution in [0, 0.1) is 5.92 Å². The topological polar surface area (TPSA) is 21.3 Å². The molecule has 1 heterocycles. The maximum absolute atomic E-state index is 6.36. The first-order valence-electron chi connectivity index (χ1n) is 7.65. The van der Waals surface area contributed by atoms with Crippen LogP contribution in [0.15, 0.2) is 22.7 Å². The molecule has 1 aromatic rings. The number of fused-ring (bicyclic) bond motifs is 1. The van der Waals surface area contributed by atoms with Crippen LogP contribution in [-0.4, -0.2) is 12.1 Å². The molecule has 20 heavy (non-hydrogen) atoms. The van der Waals surface area contributed by atoms with Gasteiger partial charge in [-0.05, 0) is 44.4 Å². The number of hydrogen-bond donors (Lipinski definition) is 1. The monoisotopic (exact) mass is 339 g/mol. The zero-order valence-electron chi connectivity index (χ0n) is 13.0. The Balaban J connectivity index is 2.24. The van der Waals surface area contributed by atoms with E-state index in [0.717, 1.165) is 35.5 Å². The van der Waals surface area contributed by atoms with E-state index >= 15 is 0 Å². The van der Waals surface area contributed by atoms with Gasteiger partial charge in [-0.3, -0.25) is 0 Å². The van der Waals surface area contributed by atoms with Crippen molar-refractivity contribution in [3.63, 3.8) is 0 Å². The summed E-state index contributed by atoms with van der Waals surface area (Å²) >= 11 is 3.55. The highest BCUT2D eigenvalue weighted by atomic mass is 79.9. The summed E-state index contributed by atoms with van der Waals surface area (Å²) in [6, 6.07) is 6.78. The van der Waals surface area contributed by atoms with Crippen LogP contribution in [0.25, 0.3) is 0 Å². The Morgan fingerprint density at radius 3 is 2.85 bits per heavy atom. The van der Waals surface area contributed by atoms with Gasteiger partial charge in [0.2, 0.25) is 0 Å². The summed E-state index contributed by atoms with van der Waals surface area (Å²) in [5, 5.41) is 3.61. The molecule has 112 valence electrons. The van der Waals surface area contributed by atoms with E-state index in [0.29, 0.717) is 6.04 Å². The predicted molar refractivity (Wildman–Crippen MR) is 88.3 cm³/mol. The van der Waals surface area contributed by atoms with Gasteiger partial charge in [-0.2, -0.15) is 0 Å². The van der Waals surface area contributed by atoms with Crippen molar-refractivity contribution in [3.8, 4) is 5.75 Å². The van der Waals surface area contributed by atoms with Crippen molar-refractivity contribution < 1.29 is 4.74 Å². The maximum Gasteiger partial charge on any atom is 0.126 e. The van der Waals surface area contributed by atoms with Crippen molar-refractivity contribution in [2.75, 3.05) is 6.54 Å². The van der Waals surface area contributed by atoms with Gasteiger partial charge >= 0.3 is 0 Å². The molecule has 0 aromatic heterocycles. The molecule has 0 bridgehead atoms. The summed E-state index contributed by atoms with van der Waals surface area (Å²) < 4.78 is 7.44. The highest BCUT2D eigenvalue weighted by molar-refractivity contribution is 9.10. The van der Waals surface area contributed by atoms with Crippen LogP contribution in [-0.2, 0) is 0 Å². The smallest absolute Gasteiger partial charge is 0.126 e. The predicted octanol–water partition coefficient (Wildman–Crippen LogP) is 5.08. The minimum absolute atomic E-state index is 0.0646. The summed E-state index contributed by atoms with van der Waals surface area (Å²) in [4.78, 5) is 0. The molecule has 0 spiro atoms. The van der Waals surface area contributed by atoms with Gasteiger partial charge in [0.1, 0.15) is 11.4 Å². The third kappa shape index (κ3) is 3.76. The van der Waals surface area contributed by atoms with Crippen molar-refractivity contribution in [2.45, 2.75) is 58.6 Å². The molecular weight excluding hydrogens is 314 g/mol. The molecular formula is C17H26BrNO. The summed E-state index contributed by atoms with van der Waals surface area (Å²) in [6.07, 6.45) is 3.36. The first-order valence-corrected chi connectivity index (χ1v) is 8.44. The highest BCUT2D eigenvalue weighted by Gasteiger charge is 2.36. The van der Waals surface area contributed by atoms with Crippen LogP contribution in [0.1, 0.15) is 58.6 Å². The summed E-state index contributed by atoms with van der Waals surface area (Å²) in [6.45, 7) is 9.96. The fourth-order valence-electron chi connectivity index (χ4n) is 2.91. The molecule has 1 aliphatic rings. The van der Waals surface area contributed by atoms with E-state index in [2.05, 4.69) is 67.1 Å². The molecule has 0 radical (unpaired) electrons. The van der Waals surface area contributed by atoms with Gasteiger partial charge in [-0.25, -0.2) is 0 Å². The fourth-order valence-corrected chi connectivity index (χ4v) is 3.25. The molecule has 0 saturated carbocycles. The van der Waals surface area contributed by atoms with Gasteiger partial charge < -0.3 is 10.1 Å². The Kier molecular flexibility index (Phi) is 5.14. The maximum atomic E-state index is 6.36. The molecule has 0 amide bonds. The lowest BCUT2D eigenvalue weighted by Crippen LogP contribution is -2.42. The lowest BCUT2D eigenvalue weighted by molar-refractivity contribution is 0.0350. The van der Waals surface area contributed by atoms with Crippen LogP contribution in [0.4, 0.5) is 0 Å². The first-order chi connectivity index (χ1) is 9.43. The van der Waals surface area contributed by atoms with Gasteiger partial charge in [-0.15, -0.1) is 0 Å². The van der Waals surface area contributed by atoms with Crippen LogP contribution >= 0.6 is 15.9 Å². The number of benzene rings is 1. The third-order valence-corrected chi connectivity index (χ3v) is 4.54. The van der Waals surface area contributed by atoms with E-state index in [4.69, 9.17) is 4.74 Å². The zero-order valence-corrected chi connectivity index (χ0v) is 14.6. The van der Waals surface area contributed by atoms with E-state index in [1.54, 1.807) is 0 Å². The lowest BCUT2D eigenvalue weighted by atomic mass is 9.84. The molecule has 1 aromatic carbocycles. The Labute approximate surface area is 131 Å². The molecule has 3 heteroatoms. The first kappa shape index (κ1) is 15.8. The second-order valence-corrected chi connectivity index (χ2v) is 7.40. The van der Waals surface area contributed by atoms with Crippen LogP contribution in [0.5, 0.6) is 5.75 Å². The molecule has 1 N–H and O–H groups in total. The highest BCUT2D eigenvalue weighted by Crippen LogP contribution is 2.42. The molecule has 2 atom stereocenters. The van der Waals surface area contributed by atoms with E-state index in [1.807, 2.05) is 0 Å². The standard InChI is InChI=1S/C17H26BrNO/c1-5-19-15-11-17(4,9-8-12(2)3)20-16-10-13(18)6-7-14(15)16/h6-7,10,12,15,19H,5,8-9,11H2,1-4H3. The minimum Gasteiger partial charge on any atom is -0.487 e. The lowest BCUT2D eigenvalue weighted by Gasteiger charge is -2.41. The summed E-state index contributed by atoms with van der Waals surface area (Å²) in [7, 11) is 0. The Hall–Kier alpha value is -0.540. The fraction of sp³-hybridized carbons (Fsp3) is 0.647. The summed E-state index contributed by atoms with van der Waals surface area (Å²) in [5.74, 6) is 1.75. The second-order valence-electron chi connectivity index (χ2n) is 6.48. The van der Waals surface area contributed by atoms with Crippen LogP contribution in [0.3, 0.4) is 0 Å². The van der Waals surface area contributed by atoms with Crippen molar-refractivity contribution in [1.29, 1.82) is 0 Å². The number of rotatable bonds is 5. The molecule has 2 rings (SSSR count). The molecule has 0 aliphatic carbocycles. The Bertz CT molecular complexity index is 460. The van der Waals surface area contributed by atoms with Crippen molar-refractivity contribution >= 4 is 15.9 Å². The van der Waals surface area contributed by atoms with Crippen LogP contribution in [0.2, 0.25) is 0 Å². The molecule has 0 fully saturated rings. The number of hydrogen-bond acceptors (Lipinski definition) is 2. The SMILES string of the molecule is CCNC1CC(C)(CCC(C)C)Oc2cc(Br)ccc21. The minimum atomic E-state index is -0.0646. The number of ether oxygens (including phenoxy) is 1. The van der Waals surface area contributed by atoms with Gasteiger partial charge in [0, 0.05) is 22.5 Å². The Morgan fingerprint density at radius 2 is 2.20 bits per heavy atom.